The summed E-state index contributed by atoms with van der Waals surface area (Å²) >= 11 is 0. The Morgan fingerprint density at radius 2 is 1.88 bits per heavy atom. The van der Waals surface area contributed by atoms with Crippen LogP contribution in [-0.4, -0.2) is 11.3 Å². The standard InChI is InChI=1S/C21H24O3/c1-2-18-19(12-7-13-20(18)24-21(22)23)17-11-6-10-16(14-17)15-8-4-3-5-9-15/h6-7,10-15H,2-5,8-9H2,1H3,(H,22,23). The van der Waals surface area contributed by atoms with Crippen LogP contribution in [0.5, 0.6) is 5.75 Å². The largest absolute Gasteiger partial charge is 0.511 e. The third-order valence-corrected chi connectivity index (χ3v) is 4.96. The van der Waals surface area contributed by atoms with Gasteiger partial charge in [0.1, 0.15) is 5.75 Å². The minimum absolute atomic E-state index is 0.436. The molecule has 0 saturated heterocycles. The number of carbonyl (C=O) groups is 1. The van der Waals surface area contributed by atoms with Crippen LogP contribution in [0.3, 0.4) is 0 Å². The predicted octanol–water partition coefficient (Wildman–Crippen LogP) is 6.02. The molecule has 0 radical (unpaired) electrons. The number of benzene rings is 2. The van der Waals surface area contributed by atoms with E-state index in [0.717, 1.165) is 23.1 Å². The highest BCUT2D eigenvalue weighted by Crippen LogP contribution is 2.36. The Kier molecular flexibility index (Phi) is 5.19. The number of carboxylic acid groups (broad SMARTS) is 1. The minimum atomic E-state index is -1.27. The van der Waals surface area contributed by atoms with Crippen molar-refractivity contribution >= 4 is 6.16 Å². The fraction of sp³-hybridized carbons (Fsp3) is 0.381. The molecular weight excluding hydrogens is 300 g/mol. The molecule has 0 spiro atoms. The average molecular weight is 324 g/mol. The molecule has 1 fully saturated rings. The van der Waals surface area contributed by atoms with Crippen LogP contribution < -0.4 is 4.74 Å². The molecule has 0 atom stereocenters. The molecule has 2 aromatic rings. The van der Waals surface area contributed by atoms with Gasteiger partial charge in [-0.1, -0.05) is 62.6 Å². The van der Waals surface area contributed by atoms with Crippen molar-refractivity contribution in [2.45, 2.75) is 51.4 Å². The van der Waals surface area contributed by atoms with Gasteiger partial charge in [-0.25, -0.2) is 4.79 Å². The second-order valence-electron chi connectivity index (χ2n) is 6.46. The lowest BCUT2D eigenvalue weighted by atomic mass is 9.83. The zero-order valence-electron chi connectivity index (χ0n) is 14.1. The zero-order chi connectivity index (χ0) is 16.9. The van der Waals surface area contributed by atoms with Gasteiger partial charge in [0.2, 0.25) is 0 Å². The zero-order valence-corrected chi connectivity index (χ0v) is 14.1. The van der Waals surface area contributed by atoms with E-state index in [-0.39, 0.29) is 0 Å². The molecule has 0 heterocycles. The van der Waals surface area contributed by atoms with E-state index in [2.05, 4.69) is 24.3 Å². The predicted molar refractivity (Wildman–Crippen MR) is 95.7 cm³/mol. The Bertz CT molecular complexity index is 715. The Hall–Kier alpha value is -2.29. The third-order valence-electron chi connectivity index (χ3n) is 4.96. The second kappa shape index (κ2) is 7.52. The normalized spacial score (nSPS) is 15.2. The summed E-state index contributed by atoms with van der Waals surface area (Å²) < 4.78 is 4.96. The molecule has 0 unspecified atom stereocenters. The molecule has 3 nitrogen and oxygen atoms in total. The lowest BCUT2D eigenvalue weighted by Crippen LogP contribution is -2.06. The molecule has 1 aliphatic carbocycles. The first-order valence-corrected chi connectivity index (χ1v) is 8.82. The number of ether oxygens (including phenoxy) is 1. The Balaban J connectivity index is 1.98. The molecule has 3 heteroatoms. The van der Waals surface area contributed by atoms with Crippen LogP contribution in [-0.2, 0) is 6.42 Å². The van der Waals surface area contributed by atoms with Crippen LogP contribution in [0.1, 0.15) is 56.1 Å². The van der Waals surface area contributed by atoms with Crippen LogP contribution in [0.15, 0.2) is 42.5 Å². The molecule has 24 heavy (non-hydrogen) atoms. The molecule has 3 rings (SSSR count). The first-order chi connectivity index (χ1) is 11.7. The van der Waals surface area contributed by atoms with Gasteiger partial charge >= 0.3 is 6.16 Å². The van der Waals surface area contributed by atoms with Crippen LogP contribution in [0.4, 0.5) is 4.79 Å². The van der Waals surface area contributed by atoms with E-state index in [4.69, 9.17) is 9.84 Å². The highest BCUT2D eigenvalue weighted by molar-refractivity contribution is 5.73. The summed E-state index contributed by atoms with van der Waals surface area (Å²) in [5.74, 6) is 1.09. The van der Waals surface area contributed by atoms with Gasteiger partial charge in [-0.2, -0.15) is 0 Å². The van der Waals surface area contributed by atoms with Gasteiger partial charge in [-0.15, -0.1) is 0 Å². The van der Waals surface area contributed by atoms with Crippen LogP contribution >= 0.6 is 0 Å². The summed E-state index contributed by atoms with van der Waals surface area (Å²) in [7, 11) is 0. The highest BCUT2D eigenvalue weighted by Gasteiger charge is 2.17. The van der Waals surface area contributed by atoms with Crippen molar-refractivity contribution in [3.63, 3.8) is 0 Å². The molecule has 0 aliphatic heterocycles. The highest BCUT2D eigenvalue weighted by atomic mass is 16.7. The molecule has 2 aromatic carbocycles. The third kappa shape index (κ3) is 3.61. The van der Waals surface area contributed by atoms with Crippen molar-refractivity contribution in [2.75, 3.05) is 0 Å². The summed E-state index contributed by atoms with van der Waals surface area (Å²) in [6.45, 7) is 2.03. The lowest BCUT2D eigenvalue weighted by molar-refractivity contribution is 0.144. The van der Waals surface area contributed by atoms with Crippen molar-refractivity contribution in [2.24, 2.45) is 0 Å². The number of hydrogen-bond acceptors (Lipinski definition) is 2. The van der Waals surface area contributed by atoms with E-state index in [0.29, 0.717) is 11.7 Å². The Labute approximate surface area is 143 Å². The van der Waals surface area contributed by atoms with Gasteiger partial charge in [0, 0.05) is 5.56 Å². The van der Waals surface area contributed by atoms with Crippen molar-refractivity contribution in [3.8, 4) is 16.9 Å². The maximum absolute atomic E-state index is 10.9. The summed E-state index contributed by atoms with van der Waals surface area (Å²) in [6, 6.07) is 14.3. The number of rotatable bonds is 4. The van der Waals surface area contributed by atoms with Crippen molar-refractivity contribution in [1.82, 2.24) is 0 Å². The van der Waals surface area contributed by atoms with Gasteiger partial charge in [0.05, 0.1) is 0 Å². The number of hydrogen-bond donors (Lipinski definition) is 1. The minimum Gasteiger partial charge on any atom is -0.449 e. The lowest BCUT2D eigenvalue weighted by Gasteiger charge is -2.22. The summed E-state index contributed by atoms with van der Waals surface area (Å²) in [4.78, 5) is 10.9. The van der Waals surface area contributed by atoms with Gasteiger partial charge in [-0.3, -0.25) is 0 Å². The maximum atomic E-state index is 10.9. The Morgan fingerprint density at radius 3 is 2.58 bits per heavy atom. The van der Waals surface area contributed by atoms with Gasteiger partial charge in [0.15, 0.2) is 0 Å². The fourth-order valence-corrected chi connectivity index (χ4v) is 3.79. The molecule has 0 amide bonds. The van der Waals surface area contributed by atoms with Crippen LogP contribution in [0.25, 0.3) is 11.1 Å². The first kappa shape index (κ1) is 16.6. The van der Waals surface area contributed by atoms with E-state index >= 15 is 0 Å². The Morgan fingerprint density at radius 1 is 1.12 bits per heavy atom. The van der Waals surface area contributed by atoms with E-state index in [1.807, 2.05) is 19.1 Å². The van der Waals surface area contributed by atoms with Gasteiger partial charge < -0.3 is 9.84 Å². The smallest absolute Gasteiger partial charge is 0.449 e. The molecule has 0 bridgehead atoms. The quantitative estimate of drug-likeness (QED) is 0.552. The van der Waals surface area contributed by atoms with Crippen molar-refractivity contribution in [1.29, 1.82) is 0 Å². The maximum Gasteiger partial charge on any atom is 0.511 e. The fourth-order valence-electron chi connectivity index (χ4n) is 3.79. The topological polar surface area (TPSA) is 46.5 Å². The monoisotopic (exact) mass is 324 g/mol. The summed E-state index contributed by atoms with van der Waals surface area (Å²) in [5.41, 5.74) is 4.55. The summed E-state index contributed by atoms with van der Waals surface area (Å²) in [5, 5.41) is 8.94. The molecular formula is C21H24O3. The average Bonchev–Trinajstić information content (AvgIpc) is 2.62. The van der Waals surface area contributed by atoms with E-state index in [1.165, 1.54) is 37.7 Å². The van der Waals surface area contributed by atoms with Gasteiger partial charge in [0.25, 0.3) is 0 Å². The second-order valence-corrected chi connectivity index (χ2v) is 6.46. The molecule has 1 saturated carbocycles. The first-order valence-electron chi connectivity index (χ1n) is 8.82. The van der Waals surface area contributed by atoms with Crippen molar-refractivity contribution < 1.29 is 14.6 Å². The summed E-state index contributed by atoms with van der Waals surface area (Å²) in [6.07, 6.45) is 5.99. The van der Waals surface area contributed by atoms with Crippen LogP contribution in [0.2, 0.25) is 0 Å². The van der Waals surface area contributed by atoms with Gasteiger partial charge in [-0.05, 0) is 47.9 Å². The SMILES string of the molecule is CCc1c(OC(=O)O)cccc1-c1cccc(C2CCCCC2)c1. The van der Waals surface area contributed by atoms with Crippen LogP contribution in [0, 0.1) is 0 Å². The molecule has 126 valence electrons. The molecule has 1 N–H and O–H groups in total. The molecule has 1 aliphatic rings. The van der Waals surface area contributed by atoms with E-state index in [9.17, 15) is 4.79 Å². The van der Waals surface area contributed by atoms with E-state index in [1.54, 1.807) is 6.07 Å². The molecule has 0 aromatic heterocycles. The van der Waals surface area contributed by atoms with E-state index < -0.39 is 6.16 Å². The van der Waals surface area contributed by atoms with Crippen molar-refractivity contribution in [3.05, 3.63) is 53.6 Å².